The number of thiazole rings is 1. The largest absolute Gasteiger partial charge is 0.396 e. The number of rotatable bonds is 6. The highest BCUT2D eigenvalue weighted by Crippen LogP contribution is 2.03. The molecule has 0 unspecified atom stereocenters. The van der Waals surface area contributed by atoms with Crippen LogP contribution in [0.2, 0.25) is 0 Å². The first-order chi connectivity index (χ1) is 5.93. The van der Waals surface area contributed by atoms with Gasteiger partial charge >= 0.3 is 0 Å². The number of aliphatic hydroxyl groups excluding tert-OH is 1. The Morgan fingerprint density at radius 3 is 3.08 bits per heavy atom. The smallest absolute Gasteiger partial charge is 0.0937 e. The van der Waals surface area contributed by atoms with E-state index < -0.39 is 0 Å². The third kappa shape index (κ3) is 3.80. The van der Waals surface area contributed by atoms with Gasteiger partial charge in [0, 0.05) is 31.1 Å². The van der Waals surface area contributed by atoms with Gasteiger partial charge in [0.2, 0.25) is 0 Å². The first-order valence-electron chi connectivity index (χ1n) is 4.13. The molecule has 1 rings (SSSR count). The van der Waals surface area contributed by atoms with Crippen molar-refractivity contribution in [1.29, 1.82) is 0 Å². The van der Waals surface area contributed by atoms with Crippen molar-refractivity contribution in [3.63, 3.8) is 0 Å². The van der Waals surface area contributed by atoms with Crippen LogP contribution in [0, 0.1) is 0 Å². The van der Waals surface area contributed by atoms with E-state index in [9.17, 15) is 0 Å². The molecule has 1 heterocycles. The molecule has 12 heavy (non-hydrogen) atoms. The molecule has 0 aliphatic rings. The van der Waals surface area contributed by atoms with Gasteiger partial charge in [-0.1, -0.05) is 0 Å². The maximum Gasteiger partial charge on any atom is 0.0937 e. The maximum atomic E-state index is 8.50. The summed E-state index contributed by atoms with van der Waals surface area (Å²) in [6, 6.07) is 0. The van der Waals surface area contributed by atoms with Crippen LogP contribution in [0.1, 0.15) is 11.4 Å². The van der Waals surface area contributed by atoms with Crippen LogP contribution in [0.4, 0.5) is 0 Å². The van der Waals surface area contributed by atoms with Gasteiger partial charge in [-0.3, -0.25) is 0 Å². The molecule has 2 N–H and O–H groups in total. The van der Waals surface area contributed by atoms with E-state index >= 15 is 0 Å². The number of hydrogen-bond donors (Lipinski definition) is 2. The van der Waals surface area contributed by atoms with Gasteiger partial charge in [0.1, 0.15) is 0 Å². The van der Waals surface area contributed by atoms with Crippen LogP contribution in [0.25, 0.3) is 0 Å². The van der Waals surface area contributed by atoms with E-state index in [2.05, 4.69) is 10.3 Å². The van der Waals surface area contributed by atoms with E-state index in [0.717, 1.165) is 25.9 Å². The monoisotopic (exact) mass is 186 g/mol. The average Bonchev–Trinajstić information content (AvgIpc) is 2.57. The summed E-state index contributed by atoms with van der Waals surface area (Å²) in [5, 5.41) is 14.9. The fourth-order valence-corrected chi connectivity index (χ4v) is 1.52. The molecule has 0 aromatic carbocycles. The zero-order valence-electron chi connectivity index (χ0n) is 6.99. The molecule has 0 aliphatic heterocycles. The molecule has 0 saturated heterocycles. The zero-order valence-corrected chi connectivity index (χ0v) is 7.81. The van der Waals surface area contributed by atoms with Crippen molar-refractivity contribution in [3.05, 3.63) is 16.6 Å². The summed E-state index contributed by atoms with van der Waals surface area (Å²) < 4.78 is 0. The Morgan fingerprint density at radius 2 is 2.42 bits per heavy atom. The van der Waals surface area contributed by atoms with Gasteiger partial charge in [-0.15, -0.1) is 11.3 Å². The van der Waals surface area contributed by atoms with Crippen LogP contribution in [-0.4, -0.2) is 29.8 Å². The van der Waals surface area contributed by atoms with Gasteiger partial charge in [-0.25, -0.2) is 4.98 Å². The summed E-state index contributed by atoms with van der Waals surface area (Å²) in [5.74, 6) is 0. The van der Waals surface area contributed by atoms with Crippen LogP contribution < -0.4 is 5.32 Å². The first kappa shape index (κ1) is 9.64. The highest BCUT2D eigenvalue weighted by atomic mass is 32.1. The number of nitrogens with one attached hydrogen (secondary N) is 1. The van der Waals surface area contributed by atoms with Crippen molar-refractivity contribution >= 4 is 11.3 Å². The van der Waals surface area contributed by atoms with Crippen molar-refractivity contribution in [2.75, 3.05) is 19.7 Å². The third-order valence-corrected chi connectivity index (χ3v) is 2.35. The summed E-state index contributed by atoms with van der Waals surface area (Å²) in [5.41, 5.74) is 0. The van der Waals surface area contributed by atoms with E-state index in [0.29, 0.717) is 0 Å². The molecule has 0 atom stereocenters. The topological polar surface area (TPSA) is 45.1 Å². The molecule has 4 heteroatoms. The van der Waals surface area contributed by atoms with Gasteiger partial charge in [-0.05, 0) is 13.0 Å². The molecule has 0 radical (unpaired) electrons. The lowest BCUT2D eigenvalue weighted by atomic mass is 10.4. The SMILES string of the molecule is OCCCNCCc1nccs1. The second-order valence-corrected chi connectivity index (χ2v) is 3.48. The number of aliphatic hydroxyl groups is 1. The third-order valence-electron chi connectivity index (χ3n) is 1.51. The molecular formula is C8H14N2OS. The number of nitrogens with zero attached hydrogens (tertiary/aromatic N) is 1. The molecule has 0 bridgehead atoms. The summed E-state index contributed by atoms with van der Waals surface area (Å²) in [6.45, 7) is 2.11. The molecule has 0 aliphatic carbocycles. The normalized spacial score (nSPS) is 10.4. The molecule has 0 spiro atoms. The lowest BCUT2D eigenvalue weighted by molar-refractivity contribution is 0.286. The van der Waals surface area contributed by atoms with Crippen molar-refractivity contribution < 1.29 is 5.11 Å². The second-order valence-electron chi connectivity index (χ2n) is 2.50. The standard InChI is InChI=1S/C8H14N2OS/c11-6-1-3-9-4-2-8-10-5-7-12-8/h5,7,9,11H,1-4,6H2. The van der Waals surface area contributed by atoms with Crippen LogP contribution in [-0.2, 0) is 6.42 Å². The van der Waals surface area contributed by atoms with Crippen LogP contribution >= 0.6 is 11.3 Å². The molecule has 1 aromatic rings. The molecule has 1 aromatic heterocycles. The number of aromatic nitrogens is 1. The quantitative estimate of drug-likeness (QED) is 0.641. The zero-order chi connectivity index (χ0) is 8.65. The van der Waals surface area contributed by atoms with Crippen molar-refractivity contribution in [2.24, 2.45) is 0 Å². The van der Waals surface area contributed by atoms with E-state index in [1.54, 1.807) is 11.3 Å². The number of hydrogen-bond acceptors (Lipinski definition) is 4. The van der Waals surface area contributed by atoms with E-state index in [1.165, 1.54) is 5.01 Å². The van der Waals surface area contributed by atoms with Crippen molar-refractivity contribution in [2.45, 2.75) is 12.8 Å². The van der Waals surface area contributed by atoms with E-state index in [1.807, 2.05) is 11.6 Å². The summed E-state index contributed by atoms with van der Waals surface area (Å²) in [7, 11) is 0. The fourth-order valence-electron chi connectivity index (χ4n) is 0.901. The maximum absolute atomic E-state index is 8.50. The van der Waals surface area contributed by atoms with Crippen LogP contribution in [0.3, 0.4) is 0 Å². The first-order valence-corrected chi connectivity index (χ1v) is 5.01. The van der Waals surface area contributed by atoms with Gasteiger partial charge < -0.3 is 10.4 Å². The predicted molar refractivity (Wildman–Crippen MR) is 50.4 cm³/mol. The Bertz CT molecular complexity index is 189. The Balaban J connectivity index is 1.96. The fraction of sp³-hybridized carbons (Fsp3) is 0.625. The second kappa shape index (κ2) is 6.11. The Morgan fingerprint density at radius 1 is 1.50 bits per heavy atom. The summed E-state index contributed by atoms with van der Waals surface area (Å²) in [6.07, 6.45) is 3.65. The van der Waals surface area contributed by atoms with E-state index in [-0.39, 0.29) is 6.61 Å². The minimum absolute atomic E-state index is 0.268. The minimum atomic E-state index is 0.268. The molecular weight excluding hydrogens is 172 g/mol. The average molecular weight is 186 g/mol. The van der Waals surface area contributed by atoms with Gasteiger partial charge in [0.25, 0.3) is 0 Å². The van der Waals surface area contributed by atoms with Crippen molar-refractivity contribution in [3.8, 4) is 0 Å². The Hall–Kier alpha value is -0.450. The molecule has 0 fully saturated rings. The van der Waals surface area contributed by atoms with Gasteiger partial charge in [0.15, 0.2) is 0 Å². The summed E-state index contributed by atoms with van der Waals surface area (Å²) >= 11 is 1.69. The van der Waals surface area contributed by atoms with E-state index in [4.69, 9.17) is 5.11 Å². The molecule has 3 nitrogen and oxygen atoms in total. The highest BCUT2D eigenvalue weighted by Gasteiger charge is 1.93. The van der Waals surface area contributed by atoms with Crippen molar-refractivity contribution in [1.82, 2.24) is 10.3 Å². The van der Waals surface area contributed by atoms with Gasteiger partial charge in [0.05, 0.1) is 5.01 Å². The molecule has 0 amide bonds. The Labute approximate surface area is 76.5 Å². The lowest BCUT2D eigenvalue weighted by Crippen LogP contribution is -2.19. The molecule has 68 valence electrons. The Kier molecular flexibility index (Phi) is 4.91. The highest BCUT2D eigenvalue weighted by molar-refractivity contribution is 7.09. The van der Waals surface area contributed by atoms with Crippen LogP contribution in [0.5, 0.6) is 0 Å². The predicted octanol–water partition coefficient (Wildman–Crippen LogP) is 0.658. The van der Waals surface area contributed by atoms with Crippen LogP contribution in [0.15, 0.2) is 11.6 Å². The molecule has 0 saturated carbocycles. The lowest BCUT2D eigenvalue weighted by Gasteiger charge is -2.00. The van der Waals surface area contributed by atoms with Gasteiger partial charge in [-0.2, -0.15) is 0 Å². The minimum Gasteiger partial charge on any atom is -0.396 e. The summed E-state index contributed by atoms with van der Waals surface area (Å²) in [4.78, 5) is 4.16.